The van der Waals surface area contributed by atoms with E-state index in [1.165, 1.54) is 0 Å². The molecule has 1 aliphatic rings. The molecule has 0 aromatic carbocycles. The largest absolute Gasteiger partial charge is 0.522 e. The summed E-state index contributed by atoms with van der Waals surface area (Å²) in [5.41, 5.74) is 0. The summed E-state index contributed by atoms with van der Waals surface area (Å²) in [5.74, 6) is 0.209. The molecule has 0 aromatic heterocycles. The molecule has 0 saturated carbocycles. The molecule has 84 valence electrons. The summed E-state index contributed by atoms with van der Waals surface area (Å²) in [4.78, 5) is 1.87. The Kier molecular flexibility index (Phi) is 4.15. The smallest absolute Gasteiger partial charge is 0.396 e. The molecule has 3 nitrogen and oxygen atoms in total. The minimum atomic E-state index is -4.53. The zero-order valence-electron chi connectivity index (χ0n) is 7.76. The Labute approximate surface area is 80.5 Å². The number of hydrogen-bond donors (Lipinski definition) is 1. The highest BCUT2D eigenvalue weighted by molar-refractivity contribution is 4.74. The van der Waals surface area contributed by atoms with Gasteiger partial charge >= 0.3 is 6.36 Å². The lowest BCUT2D eigenvalue weighted by Gasteiger charge is -2.15. The predicted octanol–water partition coefficient (Wildman–Crippen LogP) is 0.837. The molecular formula is C8H14F3NO2. The summed E-state index contributed by atoms with van der Waals surface area (Å²) >= 11 is 0. The fraction of sp³-hybridized carbons (Fsp3) is 1.00. The van der Waals surface area contributed by atoms with Gasteiger partial charge in [-0.1, -0.05) is 0 Å². The van der Waals surface area contributed by atoms with E-state index in [2.05, 4.69) is 4.74 Å². The van der Waals surface area contributed by atoms with Crippen LogP contribution in [0.25, 0.3) is 0 Å². The number of hydrogen-bond acceptors (Lipinski definition) is 3. The Bertz CT molecular complexity index is 174. The van der Waals surface area contributed by atoms with Crippen LogP contribution in [0, 0.1) is 5.92 Å². The van der Waals surface area contributed by atoms with Crippen LogP contribution in [0.2, 0.25) is 0 Å². The first-order chi connectivity index (χ1) is 6.51. The Balaban J connectivity index is 2.09. The number of ether oxygens (including phenoxy) is 1. The number of halogens is 3. The first kappa shape index (κ1) is 11.7. The number of likely N-dealkylation sites (tertiary alicyclic amines) is 1. The van der Waals surface area contributed by atoms with Crippen molar-refractivity contribution in [3.63, 3.8) is 0 Å². The molecule has 0 spiro atoms. The molecule has 1 aliphatic heterocycles. The Morgan fingerprint density at radius 2 is 2.14 bits per heavy atom. The van der Waals surface area contributed by atoms with E-state index in [4.69, 9.17) is 5.11 Å². The van der Waals surface area contributed by atoms with Crippen molar-refractivity contribution in [2.75, 3.05) is 32.8 Å². The molecule has 0 aliphatic carbocycles. The summed E-state index contributed by atoms with van der Waals surface area (Å²) in [6, 6.07) is 0. The van der Waals surface area contributed by atoms with E-state index >= 15 is 0 Å². The predicted molar refractivity (Wildman–Crippen MR) is 43.6 cm³/mol. The van der Waals surface area contributed by atoms with Crippen LogP contribution < -0.4 is 0 Å². The lowest BCUT2D eigenvalue weighted by Crippen LogP contribution is -2.28. The Morgan fingerprint density at radius 1 is 1.43 bits per heavy atom. The van der Waals surface area contributed by atoms with E-state index in [1.807, 2.05) is 4.90 Å². The quantitative estimate of drug-likeness (QED) is 0.751. The van der Waals surface area contributed by atoms with Gasteiger partial charge in [-0.15, -0.1) is 13.2 Å². The van der Waals surface area contributed by atoms with Gasteiger partial charge in [-0.05, 0) is 18.9 Å². The van der Waals surface area contributed by atoms with Crippen LogP contribution in [0.5, 0.6) is 0 Å². The highest BCUT2D eigenvalue weighted by Gasteiger charge is 2.29. The van der Waals surface area contributed by atoms with Gasteiger partial charge in [0.05, 0.1) is 6.61 Å². The fourth-order valence-electron chi connectivity index (χ4n) is 1.56. The molecule has 6 heteroatoms. The zero-order chi connectivity index (χ0) is 10.6. The second kappa shape index (κ2) is 4.95. The Morgan fingerprint density at radius 3 is 2.64 bits per heavy atom. The molecule has 0 radical (unpaired) electrons. The SMILES string of the molecule is OCC1CCN(CCOC(F)(F)F)C1. The van der Waals surface area contributed by atoms with Crippen LogP contribution in [0.1, 0.15) is 6.42 Å². The molecular weight excluding hydrogens is 199 g/mol. The summed E-state index contributed by atoms with van der Waals surface area (Å²) in [6.07, 6.45) is -3.68. The first-order valence-electron chi connectivity index (χ1n) is 4.55. The van der Waals surface area contributed by atoms with Gasteiger partial charge in [0.15, 0.2) is 0 Å². The second-order valence-electron chi connectivity index (χ2n) is 3.43. The van der Waals surface area contributed by atoms with Crippen molar-refractivity contribution in [1.29, 1.82) is 0 Å². The summed E-state index contributed by atoms with van der Waals surface area (Å²) in [6.45, 7) is 1.46. The number of aliphatic hydroxyl groups excluding tert-OH is 1. The molecule has 1 fully saturated rings. The van der Waals surface area contributed by atoms with Crippen molar-refractivity contribution in [1.82, 2.24) is 4.90 Å². The molecule has 1 atom stereocenters. The molecule has 1 unspecified atom stereocenters. The fourth-order valence-corrected chi connectivity index (χ4v) is 1.56. The molecule has 1 rings (SSSR count). The molecule has 0 bridgehead atoms. The van der Waals surface area contributed by atoms with Crippen LogP contribution in [0.15, 0.2) is 0 Å². The van der Waals surface area contributed by atoms with Gasteiger partial charge in [0.25, 0.3) is 0 Å². The maximum absolute atomic E-state index is 11.6. The van der Waals surface area contributed by atoms with Gasteiger partial charge in [-0.3, -0.25) is 4.74 Å². The van der Waals surface area contributed by atoms with Crippen molar-refractivity contribution in [3.8, 4) is 0 Å². The standard InChI is InChI=1S/C8H14F3NO2/c9-8(10,11)14-4-3-12-2-1-7(5-12)6-13/h7,13H,1-6H2. The minimum Gasteiger partial charge on any atom is -0.396 e. The van der Waals surface area contributed by atoms with Crippen LogP contribution in [0.4, 0.5) is 13.2 Å². The van der Waals surface area contributed by atoms with Crippen LogP contribution in [0.3, 0.4) is 0 Å². The minimum absolute atomic E-state index is 0.108. The van der Waals surface area contributed by atoms with Crippen molar-refractivity contribution >= 4 is 0 Å². The molecule has 14 heavy (non-hydrogen) atoms. The van der Waals surface area contributed by atoms with Crippen LogP contribution >= 0.6 is 0 Å². The molecule has 1 heterocycles. The van der Waals surface area contributed by atoms with Crippen molar-refractivity contribution in [2.45, 2.75) is 12.8 Å². The van der Waals surface area contributed by atoms with Gasteiger partial charge in [0.2, 0.25) is 0 Å². The topological polar surface area (TPSA) is 32.7 Å². The van der Waals surface area contributed by atoms with Gasteiger partial charge in [0, 0.05) is 19.7 Å². The average molecular weight is 213 g/mol. The van der Waals surface area contributed by atoms with E-state index < -0.39 is 6.36 Å². The maximum atomic E-state index is 11.6. The second-order valence-corrected chi connectivity index (χ2v) is 3.43. The van der Waals surface area contributed by atoms with Crippen LogP contribution in [-0.2, 0) is 4.74 Å². The number of rotatable bonds is 4. The van der Waals surface area contributed by atoms with Gasteiger partial charge in [0.1, 0.15) is 0 Å². The number of alkyl halides is 3. The molecule has 1 N–H and O–H groups in total. The first-order valence-corrected chi connectivity index (χ1v) is 4.55. The molecule has 1 saturated heterocycles. The van der Waals surface area contributed by atoms with Crippen molar-refractivity contribution < 1.29 is 23.0 Å². The van der Waals surface area contributed by atoms with Crippen molar-refractivity contribution in [2.24, 2.45) is 5.92 Å². The highest BCUT2D eigenvalue weighted by Crippen LogP contribution is 2.18. The molecule has 0 amide bonds. The average Bonchev–Trinajstić information content (AvgIpc) is 2.50. The molecule has 0 aromatic rings. The van der Waals surface area contributed by atoms with E-state index in [-0.39, 0.29) is 25.7 Å². The third kappa shape index (κ3) is 4.26. The number of aliphatic hydroxyl groups is 1. The normalized spacial score (nSPS) is 24.4. The van der Waals surface area contributed by atoms with Gasteiger partial charge < -0.3 is 10.0 Å². The monoisotopic (exact) mass is 213 g/mol. The summed E-state index contributed by atoms with van der Waals surface area (Å²) in [5, 5.41) is 8.80. The third-order valence-electron chi connectivity index (χ3n) is 2.30. The van der Waals surface area contributed by atoms with Crippen LogP contribution in [-0.4, -0.2) is 49.2 Å². The van der Waals surface area contributed by atoms with E-state index in [0.29, 0.717) is 6.54 Å². The van der Waals surface area contributed by atoms with E-state index in [0.717, 1.165) is 13.0 Å². The number of nitrogens with zero attached hydrogens (tertiary/aromatic N) is 1. The van der Waals surface area contributed by atoms with Gasteiger partial charge in [-0.2, -0.15) is 0 Å². The maximum Gasteiger partial charge on any atom is 0.522 e. The summed E-state index contributed by atoms with van der Waals surface area (Å²) < 4.78 is 38.4. The zero-order valence-corrected chi connectivity index (χ0v) is 7.76. The van der Waals surface area contributed by atoms with E-state index in [9.17, 15) is 13.2 Å². The van der Waals surface area contributed by atoms with Crippen molar-refractivity contribution in [3.05, 3.63) is 0 Å². The van der Waals surface area contributed by atoms with Gasteiger partial charge in [-0.25, -0.2) is 0 Å². The van der Waals surface area contributed by atoms with E-state index in [1.54, 1.807) is 0 Å². The highest BCUT2D eigenvalue weighted by atomic mass is 19.4. The lowest BCUT2D eigenvalue weighted by molar-refractivity contribution is -0.324. The third-order valence-corrected chi connectivity index (χ3v) is 2.30. The lowest BCUT2D eigenvalue weighted by atomic mass is 10.1. The Hall–Kier alpha value is -0.330. The summed E-state index contributed by atoms with van der Waals surface area (Å²) in [7, 11) is 0.